The second-order valence-electron chi connectivity index (χ2n) is 9.79. The van der Waals surface area contributed by atoms with E-state index in [2.05, 4.69) is 26.5 Å². The Bertz CT molecular complexity index is 1030. The molecular formula is C22H21BrFN3O3. The number of halogens is 2. The number of hydrazone groups is 1. The lowest BCUT2D eigenvalue weighted by Crippen LogP contribution is -2.57. The number of nitrogens with zero attached hydrogens (tertiary/aromatic N) is 2. The largest absolute Gasteiger partial charge is 0.296 e. The highest BCUT2D eigenvalue weighted by Gasteiger charge is 2.63. The normalized spacial score (nSPS) is 41.1. The monoisotopic (exact) mass is 473 g/mol. The summed E-state index contributed by atoms with van der Waals surface area (Å²) in [6, 6.07) is 4.49. The van der Waals surface area contributed by atoms with E-state index < -0.39 is 35.0 Å². The summed E-state index contributed by atoms with van der Waals surface area (Å²) in [6.45, 7) is 0. The number of anilines is 1. The van der Waals surface area contributed by atoms with Crippen LogP contribution in [0.25, 0.3) is 0 Å². The average molecular weight is 474 g/mol. The van der Waals surface area contributed by atoms with Crippen molar-refractivity contribution < 1.29 is 18.8 Å². The van der Waals surface area contributed by atoms with Gasteiger partial charge in [-0.3, -0.25) is 19.8 Å². The quantitative estimate of drug-likeness (QED) is 0.540. The van der Waals surface area contributed by atoms with Gasteiger partial charge in [0.2, 0.25) is 5.91 Å². The third-order valence-electron chi connectivity index (χ3n) is 7.70. The molecule has 0 spiro atoms. The molecule has 1 aromatic rings. The molecule has 156 valence electrons. The van der Waals surface area contributed by atoms with Gasteiger partial charge in [0.15, 0.2) is 5.78 Å². The summed E-state index contributed by atoms with van der Waals surface area (Å²) < 4.78 is 13.7. The maximum atomic E-state index is 13.8. The second kappa shape index (κ2) is 5.99. The van der Waals surface area contributed by atoms with E-state index in [0.717, 1.165) is 43.1 Å². The number of alkyl halides is 1. The SMILES string of the molecule is O=C1[C@H]2C(C(=O)C34C[C@H]5C[C@@H](CC(Br)(C5)C3)C4)=NN[C@H]2C(=O)N1c1cccc(F)c1. The van der Waals surface area contributed by atoms with E-state index in [1.54, 1.807) is 0 Å². The number of hydrogen-bond acceptors (Lipinski definition) is 5. The van der Waals surface area contributed by atoms with Crippen molar-refractivity contribution >= 4 is 44.9 Å². The summed E-state index contributed by atoms with van der Waals surface area (Å²) in [7, 11) is 0. The van der Waals surface area contributed by atoms with Gasteiger partial charge in [0.1, 0.15) is 23.5 Å². The molecule has 0 unspecified atom stereocenters. The molecule has 6 aliphatic rings. The van der Waals surface area contributed by atoms with E-state index in [-0.39, 0.29) is 21.5 Å². The first-order chi connectivity index (χ1) is 14.3. The van der Waals surface area contributed by atoms with Crippen LogP contribution in [0.2, 0.25) is 0 Å². The minimum atomic E-state index is -0.937. The topological polar surface area (TPSA) is 78.8 Å². The summed E-state index contributed by atoms with van der Waals surface area (Å²) in [5.41, 5.74) is 2.59. The molecule has 4 saturated carbocycles. The van der Waals surface area contributed by atoms with E-state index in [0.29, 0.717) is 11.8 Å². The van der Waals surface area contributed by atoms with Crippen LogP contribution in [-0.2, 0) is 14.4 Å². The zero-order valence-corrected chi connectivity index (χ0v) is 17.8. The van der Waals surface area contributed by atoms with Crippen LogP contribution in [0.4, 0.5) is 10.1 Å². The fourth-order valence-corrected chi connectivity index (χ4v) is 8.49. The van der Waals surface area contributed by atoms with Crippen LogP contribution in [0.1, 0.15) is 38.5 Å². The van der Waals surface area contributed by atoms with Crippen molar-refractivity contribution in [3.63, 3.8) is 0 Å². The van der Waals surface area contributed by atoms with Crippen molar-refractivity contribution in [1.29, 1.82) is 0 Å². The molecule has 5 fully saturated rings. The number of fused-ring (bicyclic) bond motifs is 1. The Kier molecular flexibility index (Phi) is 3.73. The second-order valence-corrected chi connectivity index (χ2v) is 11.5. The van der Waals surface area contributed by atoms with Gasteiger partial charge in [-0.2, -0.15) is 5.10 Å². The molecule has 4 atom stereocenters. The Morgan fingerprint density at radius 1 is 1.17 bits per heavy atom. The van der Waals surface area contributed by atoms with Gasteiger partial charge >= 0.3 is 0 Å². The molecule has 8 heteroatoms. The summed E-state index contributed by atoms with van der Waals surface area (Å²) >= 11 is 3.92. The molecule has 0 radical (unpaired) electrons. The first kappa shape index (κ1) is 18.7. The fraction of sp³-hybridized carbons (Fsp3) is 0.545. The lowest BCUT2D eigenvalue weighted by atomic mass is 9.48. The van der Waals surface area contributed by atoms with Gasteiger partial charge in [-0.15, -0.1) is 0 Å². The van der Waals surface area contributed by atoms with Crippen molar-refractivity contribution in [2.45, 2.75) is 48.9 Å². The van der Waals surface area contributed by atoms with Crippen LogP contribution < -0.4 is 10.3 Å². The van der Waals surface area contributed by atoms with Gasteiger partial charge in [0, 0.05) is 9.74 Å². The Balaban J connectivity index is 1.33. The molecule has 2 heterocycles. The van der Waals surface area contributed by atoms with E-state index in [9.17, 15) is 18.8 Å². The Morgan fingerprint density at radius 3 is 2.57 bits per heavy atom. The lowest BCUT2D eigenvalue weighted by Gasteiger charge is -2.59. The molecule has 4 aliphatic carbocycles. The fourth-order valence-electron chi connectivity index (χ4n) is 7.03. The van der Waals surface area contributed by atoms with Crippen LogP contribution in [0, 0.1) is 29.0 Å². The Morgan fingerprint density at radius 2 is 1.90 bits per heavy atom. The lowest BCUT2D eigenvalue weighted by molar-refractivity contribution is -0.135. The number of ketones is 1. The number of imide groups is 1. The van der Waals surface area contributed by atoms with Gasteiger partial charge in [-0.25, -0.2) is 9.29 Å². The van der Waals surface area contributed by atoms with Crippen LogP contribution in [-0.4, -0.2) is 33.7 Å². The number of hydrogen-bond donors (Lipinski definition) is 1. The van der Waals surface area contributed by atoms with Crippen molar-refractivity contribution in [2.75, 3.05) is 4.90 Å². The first-order valence-corrected chi connectivity index (χ1v) is 11.3. The highest BCUT2D eigenvalue weighted by Crippen LogP contribution is 2.65. The smallest absolute Gasteiger partial charge is 0.259 e. The third-order valence-corrected chi connectivity index (χ3v) is 8.62. The van der Waals surface area contributed by atoms with E-state index in [4.69, 9.17) is 0 Å². The van der Waals surface area contributed by atoms with Crippen LogP contribution in [0.15, 0.2) is 29.4 Å². The number of nitrogens with one attached hydrogen (secondary N) is 1. The highest BCUT2D eigenvalue weighted by molar-refractivity contribution is 9.10. The van der Waals surface area contributed by atoms with Crippen LogP contribution in [0.3, 0.4) is 0 Å². The predicted molar refractivity (Wildman–Crippen MR) is 111 cm³/mol. The number of carbonyl (C=O) groups is 3. The Hall–Kier alpha value is -2.09. The molecule has 1 aromatic carbocycles. The van der Waals surface area contributed by atoms with E-state index in [1.807, 2.05) is 0 Å². The number of rotatable bonds is 3. The van der Waals surface area contributed by atoms with Crippen molar-refractivity contribution in [2.24, 2.45) is 28.3 Å². The maximum Gasteiger partial charge on any atom is 0.259 e. The Labute approximate surface area is 181 Å². The van der Waals surface area contributed by atoms with E-state index >= 15 is 0 Å². The minimum absolute atomic E-state index is 0.00183. The predicted octanol–water partition coefficient (Wildman–Crippen LogP) is 2.95. The number of carbonyl (C=O) groups excluding carboxylic acids is 3. The first-order valence-electron chi connectivity index (χ1n) is 10.5. The summed E-state index contributed by atoms with van der Waals surface area (Å²) in [4.78, 5) is 40.9. The minimum Gasteiger partial charge on any atom is -0.296 e. The molecule has 2 amide bonds. The van der Waals surface area contributed by atoms with Gasteiger partial charge in [-0.05, 0) is 68.6 Å². The van der Waals surface area contributed by atoms with E-state index in [1.165, 1.54) is 24.6 Å². The number of benzene rings is 1. The number of Topliss-reactive ketones (excluding diaryl/α,β-unsaturated/α-hetero) is 1. The summed E-state index contributed by atoms with van der Waals surface area (Å²) in [6.07, 6.45) is 5.80. The molecule has 2 aliphatic heterocycles. The van der Waals surface area contributed by atoms with Crippen molar-refractivity contribution in [3.05, 3.63) is 30.1 Å². The summed E-state index contributed by atoms with van der Waals surface area (Å²) in [5, 5.41) is 4.21. The molecule has 1 N–H and O–H groups in total. The molecule has 1 saturated heterocycles. The zero-order valence-electron chi connectivity index (χ0n) is 16.2. The standard InChI is InChI=1S/C22H21BrFN3O3/c23-22-8-11-4-12(9-22)7-21(6-11,10-22)18(28)16-15-17(26-25-16)20(30)27(19(15)29)14-3-1-2-13(24)5-14/h1-3,5,11-12,15,17,26H,4,6-10H2/t11-,12-,15+,17-,21?,22?/m1/s1. The molecular weight excluding hydrogens is 453 g/mol. The third kappa shape index (κ3) is 2.46. The summed E-state index contributed by atoms with van der Waals surface area (Å²) in [5.74, 6) is -1.51. The molecule has 4 bridgehead atoms. The van der Waals surface area contributed by atoms with Gasteiger partial charge in [0.05, 0.1) is 5.69 Å². The maximum absolute atomic E-state index is 13.8. The van der Waals surface area contributed by atoms with Crippen molar-refractivity contribution in [3.8, 4) is 0 Å². The van der Waals surface area contributed by atoms with Crippen molar-refractivity contribution in [1.82, 2.24) is 5.43 Å². The van der Waals surface area contributed by atoms with Crippen LogP contribution in [0.5, 0.6) is 0 Å². The van der Waals surface area contributed by atoms with Crippen LogP contribution >= 0.6 is 15.9 Å². The average Bonchev–Trinajstić information content (AvgIpc) is 3.19. The number of amides is 2. The van der Waals surface area contributed by atoms with Gasteiger partial charge in [0.25, 0.3) is 5.91 Å². The molecule has 30 heavy (non-hydrogen) atoms. The van der Waals surface area contributed by atoms with Gasteiger partial charge in [-0.1, -0.05) is 22.0 Å². The molecule has 0 aromatic heterocycles. The highest BCUT2D eigenvalue weighted by atomic mass is 79.9. The zero-order chi connectivity index (χ0) is 20.8. The molecule has 6 nitrogen and oxygen atoms in total. The van der Waals surface area contributed by atoms with Gasteiger partial charge < -0.3 is 0 Å². The molecule has 7 rings (SSSR count).